The van der Waals surface area contributed by atoms with Crippen LogP contribution in [0.15, 0.2) is 46.3 Å². The van der Waals surface area contributed by atoms with Crippen LogP contribution in [0.25, 0.3) is 11.5 Å². The SMILES string of the molecule is CC(C)c1ccc(-c2nc(Cn3cnc(S(=O)(=O)N4CCCCC4)c3)no2)cc1. The molecule has 3 aromatic rings. The summed E-state index contributed by atoms with van der Waals surface area (Å²) in [4.78, 5) is 8.52. The molecule has 3 heterocycles. The Hall–Kier alpha value is -2.52. The summed E-state index contributed by atoms with van der Waals surface area (Å²) < 4.78 is 34.0. The van der Waals surface area contributed by atoms with Crippen LogP contribution in [0.5, 0.6) is 0 Å². The Kier molecular flexibility index (Phi) is 5.51. The lowest BCUT2D eigenvalue weighted by Crippen LogP contribution is -2.35. The van der Waals surface area contributed by atoms with Gasteiger partial charge in [-0.3, -0.25) is 0 Å². The van der Waals surface area contributed by atoms with E-state index in [0.29, 0.717) is 30.7 Å². The summed E-state index contributed by atoms with van der Waals surface area (Å²) in [6.07, 6.45) is 5.87. The molecule has 0 spiro atoms. The van der Waals surface area contributed by atoms with Gasteiger partial charge in [-0.15, -0.1) is 0 Å². The minimum absolute atomic E-state index is 0.0624. The van der Waals surface area contributed by atoms with E-state index in [1.54, 1.807) is 4.57 Å². The smallest absolute Gasteiger partial charge is 0.262 e. The van der Waals surface area contributed by atoms with Gasteiger partial charge in [-0.05, 0) is 36.5 Å². The van der Waals surface area contributed by atoms with Crippen molar-refractivity contribution in [1.82, 2.24) is 24.0 Å². The van der Waals surface area contributed by atoms with Crippen molar-refractivity contribution < 1.29 is 12.9 Å². The highest BCUT2D eigenvalue weighted by Crippen LogP contribution is 2.22. The van der Waals surface area contributed by atoms with Crippen LogP contribution in [0.4, 0.5) is 0 Å². The molecule has 0 saturated carbocycles. The van der Waals surface area contributed by atoms with Crippen molar-refractivity contribution in [3.63, 3.8) is 0 Å². The summed E-state index contributed by atoms with van der Waals surface area (Å²) in [5.41, 5.74) is 2.10. The molecule has 8 nitrogen and oxygen atoms in total. The normalized spacial score (nSPS) is 15.8. The molecule has 0 amide bonds. The molecule has 0 atom stereocenters. The lowest BCUT2D eigenvalue weighted by atomic mass is 10.0. The van der Waals surface area contributed by atoms with E-state index in [2.05, 4.69) is 41.1 Å². The molecule has 0 radical (unpaired) electrons. The Labute approximate surface area is 170 Å². The highest BCUT2D eigenvalue weighted by Gasteiger charge is 2.28. The zero-order valence-electron chi connectivity index (χ0n) is 16.7. The third-order valence-corrected chi connectivity index (χ3v) is 6.93. The van der Waals surface area contributed by atoms with Crippen LogP contribution in [0.2, 0.25) is 0 Å². The van der Waals surface area contributed by atoms with Crippen molar-refractivity contribution in [3.8, 4) is 11.5 Å². The third-order valence-electron chi connectivity index (χ3n) is 5.15. The van der Waals surface area contributed by atoms with E-state index in [-0.39, 0.29) is 11.6 Å². The molecule has 0 unspecified atom stereocenters. The standard InChI is InChI=1S/C20H25N5O3S/c1-15(2)16-6-8-17(9-7-16)20-22-18(23-28-20)12-24-13-19(21-14-24)29(26,27)25-10-4-3-5-11-25/h6-9,13-15H,3-5,10-12H2,1-2H3. The molecule has 1 aliphatic rings. The number of hydrogen-bond acceptors (Lipinski definition) is 6. The first-order chi connectivity index (χ1) is 13.9. The predicted octanol–water partition coefficient (Wildman–Crippen LogP) is 3.28. The van der Waals surface area contributed by atoms with Crippen molar-refractivity contribution in [2.24, 2.45) is 0 Å². The number of hydrogen-bond donors (Lipinski definition) is 0. The summed E-state index contributed by atoms with van der Waals surface area (Å²) in [7, 11) is -3.55. The van der Waals surface area contributed by atoms with Gasteiger partial charge in [0.2, 0.25) is 0 Å². The largest absolute Gasteiger partial charge is 0.334 e. The summed E-state index contributed by atoms with van der Waals surface area (Å²) in [6, 6.07) is 8.04. The summed E-state index contributed by atoms with van der Waals surface area (Å²) >= 11 is 0. The molecule has 29 heavy (non-hydrogen) atoms. The molecular weight excluding hydrogens is 390 g/mol. The number of imidazole rings is 1. The van der Waals surface area contributed by atoms with E-state index in [0.717, 1.165) is 24.8 Å². The fourth-order valence-corrected chi connectivity index (χ4v) is 4.86. The zero-order chi connectivity index (χ0) is 20.4. The van der Waals surface area contributed by atoms with Crippen molar-refractivity contribution >= 4 is 10.0 Å². The van der Waals surface area contributed by atoms with Gasteiger partial charge in [-0.1, -0.05) is 37.6 Å². The Bertz CT molecular complexity index is 1060. The molecule has 0 N–H and O–H groups in total. The number of rotatable bonds is 6. The van der Waals surface area contributed by atoms with Gasteiger partial charge >= 0.3 is 0 Å². The lowest BCUT2D eigenvalue weighted by molar-refractivity contribution is 0.345. The van der Waals surface area contributed by atoms with E-state index in [4.69, 9.17) is 4.52 Å². The molecule has 1 aliphatic heterocycles. The Morgan fingerprint density at radius 2 is 1.83 bits per heavy atom. The summed E-state index contributed by atoms with van der Waals surface area (Å²) in [5, 5.41) is 4.07. The fourth-order valence-electron chi connectivity index (χ4n) is 3.41. The average Bonchev–Trinajstić information content (AvgIpc) is 3.39. The second-order valence-electron chi connectivity index (χ2n) is 7.64. The van der Waals surface area contributed by atoms with Crippen molar-refractivity contribution in [2.75, 3.05) is 13.1 Å². The Morgan fingerprint density at radius 3 is 2.52 bits per heavy atom. The van der Waals surface area contributed by atoms with Crippen LogP contribution in [-0.2, 0) is 16.6 Å². The minimum atomic E-state index is -3.55. The quantitative estimate of drug-likeness (QED) is 0.613. The molecule has 2 aromatic heterocycles. The second-order valence-corrected chi connectivity index (χ2v) is 9.53. The second kappa shape index (κ2) is 8.08. The van der Waals surface area contributed by atoms with E-state index in [1.807, 2.05) is 12.1 Å². The first-order valence-electron chi connectivity index (χ1n) is 9.88. The lowest BCUT2D eigenvalue weighted by Gasteiger charge is -2.24. The van der Waals surface area contributed by atoms with Gasteiger partial charge in [0.15, 0.2) is 10.9 Å². The maximum atomic E-state index is 12.7. The predicted molar refractivity (Wildman–Crippen MR) is 108 cm³/mol. The van der Waals surface area contributed by atoms with Gasteiger partial charge in [0.1, 0.15) is 0 Å². The molecule has 0 bridgehead atoms. The minimum Gasteiger partial charge on any atom is -0.334 e. The molecule has 1 aromatic carbocycles. The molecule has 154 valence electrons. The molecule has 4 rings (SSSR count). The van der Waals surface area contributed by atoms with Gasteiger partial charge < -0.3 is 9.09 Å². The van der Waals surface area contributed by atoms with Crippen LogP contribution >= 0.6 is 0 Å². The number of benzene rings is 1. The zero-order valence-corrected chi connectivity index (χ0v) is 17.5. The van der Waals surface area contributed by atoms with E-state index in [1.165, 1.54) is 22.4 Å². The maximum Gasteiger partial charge on any atom is 0.262 e. The van der Waals surface area contributed by atoms with Crippen molar-refractivity contribution in [1.29, 1.82) is 0 Å². The number of piperidine rings is 1. The first-order valence-corrected chi connectivity index (χ1v) is 11.3. The highest BCUT2D eigenvalue weighted by atomic mass is 32.2. The topological polar surface area (TPSA) is 94.1 Å². The average molecular weight is 416 g/mol. The Morgan fingerprint density at radius 1 is 1.10 bits per heavy atom. The van der Waals surface area contributed by atoms with Gasteiger partial charge in [0, 0.05) is 24.8 Å². The van der Waals surface area contributed by atoms with Gasteiger partial charge in [0.25, 0.3) is 15.9 Å². The monoisotopic (exact) mass is 415 g/mol. The van der Waals surface area contributed by atoms with E-state index >= 15 is 0 Å². The van der Waals surface area contributed by atoms with Crippen LogP contribution in [0.3, 0.4) is 0 Å². The Balaban J connectivity index is 1.47. The van der Waals surface area contributed by atoms with Gasteiger partial charge in [-0.2, -0.15) is 9.29 Å². The molecule has 1 fully saturated rings. The van der Waals surface area contributed by atoms with E-state index in [9.17, 15) is 8.42 Å². The molecule has 1 saturated heterocycles. The third kappa shape index (κ3) is 4.25. The van der Waals surface area contributed by atoms with Crippen LogP contribution in [0.1, 0.15) is 50.4 Å². The maximum absolute atomic E-state index is 12.7. The first kappa shape index (κ1) is 19.8. The van der Waals surface area contributed by atoms with Crippen molar-refractivity contribution in [2.45, 2.75) is 50.6 Å². The molecule has 0 aliphatic carbocycles. The summed E-state index contributed by atoms with van der Waals surface area (Å²) in [6.45, 7) is 5.68. The molecule has 9 heteroatoms. The van der Waals surface area contributed by atoms with Gasteiger partial charge in [-0.25, -0.2) is 13.4 Å². The van der Waals surface area contributed by atoms with Crippen LogP contribution < -0.4 is 0 Å². The number of aromatic nitrogens is 4. The molecular formula is C20H25N5O3S. The highest BCUT2D eigenvalue weighted by molar-refractivity contribution is 7.89. The van der Waals surface area contributed by atoms with Gasteiger partial charge in [0.05, 0.1) is 12.9 Å². The van der Waals surface area contributed by atoms with Crippen molar-refractivity contribution in [3.05, 3.63) is 48.2 Å². The van der Waals surface area contributed by atoms with Crippen LogP contribution in [0, 0.1) is 0 Å². The van der Waals surface area contributed by atoms with E-state index < -0.39 is 10.0 Å². The summed E-state index contributed by atoms with van der Waals surface area (Å²) in [5.74, 6) is 1.36. The van der Waals surface area contributed by atoms with Crippen LogP contribution in [-0.4, -0.2) is 45.5 Å². The fraction of sp³-hybridized carbons (Fsp3) is 0.450. The number of nitrogens with zero attached hydrogens (tertiary/aromatic N) is 5. The number of sulfonamides is 1.